The summed E-state index contributed by atoms with van der Waals surface area (Å²) < 4.78 is 13.6. The van der Waals surface area contributed by atoms with Crippen LogP contribution in [0.1, 0.15) is 104 Å². The number of fused-ring (bicyclic) bond motifs is 5. The Kier molecular flexibility index (Phi) is 6.36. The van der Waals surface area contributed by atoms with E-state index in [2.05, 4.69) is 32.9 Å². The monoisotopic (exact) mass is 458 g/mol. The van der Waals surface area contributed by atoms with Gasteiger partial charge >= 0.3 is 0 Å². The maximum atomic E-state index is 12.3. The van der Waals surface area contributed by atoms with Crippen molar-refractivity contribution in [2.24, 2.45) is 34.5 Å². The topological polar surface area (TPSA) is 55.8 Å². The minimum Gasteiger partial charge on any atom is -0.396 e. The van der Waals surface area contributed by atoms with Gasteiger partial charge in [0.1, 0.15) is 5.78 Å². The average molecular weight is 459 g/mol. The minimum atomic E-state index is -0.420. The fourth-order valence-corrected chi connectivity index (χ4v) is 9.72. The molecule has 7 atom stereocenters. The molecule has 5 fully saturated rings. The second kappa shape index (κ2) is 8.75. The van der Waals surface area contributed by atoms with E-state index in [1.807, 2.05) is 0 Å². The van der Waals surface area contributed by atoms with Gasteiger partial charge in [-0.05, 0) is 95.3 Å². The van der Waals surface area contributed by atoms with Crippen LogP contribution in [-0.2, 0) is 14.3 Å². The molecule has 4 nitrogen and oxygen atoms in total. The predicted molar refractivity (Wildman–Crippen MR) is 130 cm³/mol. The second-order valence-corrected chi connectivity index (χ2v) is 12.3. The molecule has 0 bridgehead atoms. The van der Waals surface area contributed by atoms with Crippen LogP contribution in [0.25, 0.3) is 0 Å². The number of ketones is 1. The van der Waals surface area contributed by atoms with E-state index >= 15 is 0 Å². The Morgan fingerprint density at radius 3 is 2.48 bits per heavy atom. The van der Waals surface area contributed by atoms with E-state index in [4.69, 9.17) is 9.47 Å². The highest BCUT2D eigenvalue weighted by Gasteiger charge is 2.66. The number of rotatable bonds is 6. The summed E-state index contributed by atoms with van der Waals surface area (Å²) >= 11 is 0. The number of aliphatic hydroxyl groups is 1. The normalized spacial score (nSPS) is 46.8. The molecular formula is C29H46O4. The van der Waals surface area contributed by atoms with E-state index in [0.717, 1.165) is 44.9 Å². The molecule has 0 spiro atoms. The molecule has 186 valence electrons. The molecular weight excluding hydrogens is 412 g/mol. The zero-order valence-corrected chi connectivity index (χ0v) is 21.2. The van der Waals surface area contributed by atoms with Gasteiger partial charge in [0.15, 0.2) is 5.79 Å². The van der Waals surface area contributed by atoms with Crippen LogP contribution in [0.4, 0.5) is 0 Å². The Morgan fingerprint density at radius 2 is 1.79 bits per heavy atom. The van der Waals surface area contributed by atoms with Crippen molar-refractivity contribution in [1.82, 2.24) is 0 Å². The summed E-state index contributed by atoms with van der Waals surface area (Å²) in [4.78, 5) is 12.3. The summed E-state index contributed by atoms with van der Waals surface area (Å²) in [5, 5.41) is 10.7. The molecule has 5 saturated carbocycles. The van der Waals surface area contributed by atoms with Crippen molar-refractivity contribution in [1.29, 1.82) is 0 Å². The number of carbonyl (C=O) groups excluding carboxylic acids is 1. The highest BCUT2D eigenvalue weighted by atomic mass is 16.7. The van der Waals surface area contributed by atoms with Gasteiger partial charge in [-0.1, -0.05) is 19.1 Å². The zero-order chi connectivity index (χ0) is 23.3. The van der Waals surface area contributed by atoms with Crippen molar-refractivity contribution in [3.63, 3.8) is 0 Å². The number of aliphatic hydroxyl groups excluding tert-OH is 1. The first kappa shape index (κ1) is 24.0. The summed E-state index contributed by atoms with van der Waals surface area (Å²) in [6.07, 6.45) is 18.2. The third-order valence-electron chi connectivity index (χ3n) is 11.2. The highest BCUT2D eigenvalue weighted by Crippen LogP contribution is 2.69. The minimum absolute atomic E-state index is 0.0249. The largest absolute Gasteiger partial charge is 0.396 e. The number of ether oxygens (including phenoxy) is 2. The smallest absolute Gasteiger partial charge is 0.169 e. The van der Waals surface area contributed by atoms with Crippen molar-refractivity contribution >= 4 is 5.78 Å². The summed E-state index contributed by atoms with van der Waals surface area (Å²) in [5.41, 5.74) is -0.188. The quantitative estimate of drug-likeness (QED) is 0.380. The third kappa shape index (κ3) is 3.52. The van der Waals surface area contributed by atoms with E-state index in [0.29, 0.717) is 48.9 Å². The van der Waals surface area contributed by atoms with Gasteiger partial charge in [0.2, 0.25) is 0 Å². The molecule has 0 aliphatic heterocycles. The molecule has 5 rings (SSSR count). The number of hydrogen-bond acceptors (Lipinski definition) is 4. The molecule has 0 radical (unpaired) electrons. The zero-order valence-electron chi connectivity index (χ0n) is 21.2. The lowest BCUT2D eigenvalue weighted by Crippen LogP contribution is -2.59. The molecule has 33 heavy (non-hydrogen) atoms. The van der Waals surface area contributed by atoms with Crippen molar-refractivity contribution < 1.29 is 19.4 Å². The molecule has 5 aliphatic rings. The predicted octanol–water partition coefficient (Wildman–Crippen LogP) is 6.21. The highest BCUT2D eigenvalue weighted by molar-refractivity contribution is 5.79. The van der Waals surface area contributed by atoms with Crippen LogP contribution >= 0.6 is 0 Å². The van der Waals surface area contributed by atoms with Crippen LogP contribution in [-0.4, -0.2) is 35.5 Å². The van der Waals surface area contributed by atoms with Crippen LogP contribution < -0.4 is 0 Å². The van der Waals surface area contributed by atoms with Crippen LogP contribution in [0, 0.1) is 34.5 Å². The molecule has 1 N–H and O–H groups in total. The SMILES string of the molecule is CC=C[C@]1(OC2(OCC)CCCC2)CC[C@H]2[C@@H]3CC[C@H]4CC(=O)CC[C@]4(CO)[C@H]3CC[C@@]21C. The van der Waals surface area contributed by atoms with Gasteiger partial charge in [0.05, 0.1) is 5.60 Å². The van der Waals surface area contributed by atoms with E-state index < -0.39 is 5.79 Å². The second-order valence-electron chi connectivity index (χ2n) is 12.3. The third-order valence-corrected chi connectivity index (χ3v) is 11.2. The molecule has 0 aromatic heterocycles. The molecule has 0 amide bonds. The van der Waals surface area contributed by atoms with E-state index in [-0.39, 0.29) is 23.0 Å². The van der Waals surface area contributed by atoms with Crippen LogP contribution in [0.5, 0.6) is 0 Å². The fourth-order valence-electron chi connectivity index (χ4n) is 9.72. The lowest BCUT2D eigenvalue weighted by Gasteiger charge is -2.62. The van der Waals surface area contributed by atoms with Crippen molar-refractivity contribution in [3.8, 4) is 0 Å². The summed E-state index contributed by atoms with van der Waals surface area (Å²) in [7, 11) is 0. The summed E-state index contributed by atoms with van der Waals surface area (Å²) in [6, 6.07) is 0. The first-order chi connectivity index (χ1) is 15.9. The maximum Gasteiger partial charge on any atom is 0.169 e. The van der Waals surface area contributed by atoms with E-state index in [9.17, 15) is 9.90 Å². The lowest BCUT2D eigenvalue weighted by molar-refractivity contribution is -0.299. The van der Waals surface area contributed by atoms with Crippen molar-refractivity contribution in [2.75, 3.05) is 13.2 Å². The molecule has 0 aromatic carbocycles. The van der Waals surface area contributed by atoms with Gasteiger partial charge in [-0.15, -0.1) is 0 Å². The molecule has 0 saturated heterocycles. The van der Waals surface area contributed by atoms with Crippen LogP contribution in [0.2, 0.25) is 0 Å². The Morgan fingerprint density at radius 1 is 1.03 bits per heavy atom. The number of Topliss-reactive ketones (excluding diaryl/α,β-unsaturated/α-hetero) is 1. The fraction of sp³-hybridized carbons (Fsp3) is 0.897. The Bertz CT molecular complexity index is 770. The number of hydrogen-bond donors (Lipinski definition) is 1. The Labute approximate surface area is 200 Å². The van der Waals surface area contributed by atoms with Crippen LogP contribution in [0.3, 0.4) is 0 Å². The molecule has 0 heterocycles. The van der Waals surface area contributed by atoms with E-state index in [1.54, 1.807) is 0 Å². The first-order valence-electron chi connectivity index (χ1n) is 14.0. The van der Waals surface area contributed by atoms with Gasteiger partial charge in [-0.25, -0.2) is 0 Å². The standard InChI is InChI=1S/C29H46O4/c1-4-13-28(33-29(32-5-2)14-6-7-15-29)18-12-24-23-9-8-21-19-22(31)10-17-27(21,20-30)25(23)11-16-26(24,28)3/h4,13,21,23-25,30H,5-12,14-20H2,1-3H3/t21-,23-,24-,25-,26-,27+,28-/m0/s1. The van der Waals surface area contributed by atoms with Gasteiger partial charge < -0.3 is 14.6 Å². The number of allylic oxidation sites excluding steroid dienone is 1. The molecule has 4 heteroatoms. The summed E-state index contributed by atoms with van der Waals surface area (Å²) in [5.74, 6) is 2.21. The Hall–Kier alpha value is -0.710. The van der Waals surface area contributed by atoms with Gasteiger partial charge in [-0.3, -0.25) is 4.79 Å². The molecule has 0 aromatic rings. The Balaban J connectivity index is 1.46. The number of carbonyl (C=O) groups is 1. The maximum absolute atomic E-state index is 12.3. The lowest BCUT2D eigenvalue weighted by atomic mass is 9.44. The molecule has 5 aliphatic carbocycles. The first-order valence-corrected chi connectivity index (χ1v) is 14.0. The van der Waals surface area contributed by atoms with Crippen LogP contribution in [0.15, 0.2) is 12.2 Å². The van der Waals surface area contributed by atoms with Crippen molar-refractivity contribution in [3.05, 3.63) is 12.2 Å². The van der Waals surface area contributed by atoms with E-state index in [1.165, 1.54) is 25.7 Å². The van der Waals surface area contributed by atoms with Gasteiger partial charge in [-0.2, -0.15) is 0 Å². The van der Waals surface area contributed by atoms with Gasteiger partial charge in [0, 0.05) is 49.7 Å². The van der Waals surface area contributed by atoms with Gasteiger partial charge in [0.25, 0.3) is 0 Å². The molecule has 0 unspecified atom stereocenters. The van der Waals surface area contributed by atoms with Crippen molar-refractivity contribution in [2.45, 2.75) is 116 Å². The summed E-state index contributed by atoms with van der Waals surface area (Å²) in [6.45, 7) is 7.71. The average Bonchev–Trinajstić information content (AvgIpc) is 3.36.